The van der Waals surface area contributed by atoms with E-state index in [0.717, 1.165) is 36.5 Å². The molecule has 0 saturated carbocycles. The van der Waals surface area contributed by atoms with E-state index in [1.54, 1.807) is 6.07 Å². The zero-order chi connectivity index (χ0) is 13.9. The first-order valence-corrected chi connectivity index (χ1v) is 7.79. The quantitative estimate of drug-likeness (QED) is 0.766. The highest BCUT2D eigenvalue weighted by Crippen LogP contribution is 2.31. The van der Waals surface area contributed by atoms with Crippen LogP contribution in [0.4, 0.5) is 5.69 Å². The lowest BCUT2D eigenvalue weighted by Crippen LogP contribution is -2.45. The summed E-state index contributed by atoms with van der Waals surface area (Å²) in [5.74, 6) is 0.342. The standard InChI is InChI=1S/C14H17N3O2S/c18-13-8-20-12-4-3-9(6-11(12)17-13)14(19)16-10-2-1-5-15-7-10/h3-4,6,10,15H,1-2,5,7-8H2,(H,16,19)(H,17,18). The highest BCUT2D eigenvalue weighted by Gasteiger charge is 2.19. The fourth-order valence-corrected chi connectivity index (χ4v) is 3.26. The zero-order valence-corrected chi connectivity index (χ0v) is 11.9. The van der Waals surface area contributed by atoms with Gasteiger partial charge in [0.2, 0.25) is 5.91 Å². The maximum atomic E-state index is 12.2. The zero-order valence-electron chi connectivity index (χ0n) is 11.1. The van der Waals surface area contributed by atoms with Gasteiger partial charge < -0.3 is 16.0 Å². The molecule has 20 heavy (non-hydrogen) atoms. The number of carbonyl (C=O) groups excluding carboxylic acids is 2. The van der Waals surface area contributed by atoms with Gasteiger partial charge in [0.05, 0.1) is 11.4 Å². The Morgan fingerprint density at radius 2 is 2.30 bits per heavy atom. The van der Waals surface area contributed by atoms with E-state index in [2.05, 4.69) is 16.0 Å². The maximum Gasteiger partial charge on any atom is 0.251 e. The van der Waals surface area contributed by atoms with Gasteiger partial charge in [-0.3, -0.25) is 9.59 Å². The monoisotopic (exact) mass is 291 g/mol. The Bertz CT molecular complexity index is 541. The van der Waals surface area contributed by atoms with Crippen LogP contribution in [0.2, 0.25) is 0 Å². The van der Waals surface area contributed by atoms with Crippen LogP contribution in [0.25, 0.3) is 0 Å². The number of thioether (sulfide) groups is 1. The van der Waals surface area contributed by atoms with E-state index >= 15 is 0 Å². The topological polar surface area (TPSA) is 70.2 Å². The van der Waals surface area contributed by atoms with E-state index in [0.29, 0.717) is 11.3 Å². The van der Waals surface area contributed by atoms with Crippen LogP contribution < -0.4 is 16.0 Å². The number of hydrogen-bond acceptors (Lipinski definition) is 4. The van der Waals surface area contributed by atoms with Crippen molar-refractivity contribution in [1.82, 2.24) is 10.6 Å². The van der Waals surface area contributed by atoms with Crippen LogP contribution in [0, 0.1) is 0 Å². The van der Waals surface area contributed by atoms with Gasteiger partial charge in [0.1, 0.15) is 0 Å². The van der Waals surface area contributed by atoms with Crippen molar-refractivity contribution in [2.24, 2.45) is 0 Å². The maximum absolute atomic E-state index is 12.2. The van der Waals surface area contributed by atoms with Crippen molar-refractivity contribution in [3.63, 3.8) is 0 Å². The molecule has 1 fully saturated rings. The molecular formula is C14H17N3O2S. The van der Waals surface area contributed by atoms with E-state index in [1.165, 1.54) is 11.8 Å². The highest BCUT2D eigenvalue weighted by atomic mass is 32.2. The van der Waals surface area contributed by atoms with Crippen LogP contribution in [0.15, 0.2) is 23.1 Å². The average molecular weight is 291 g/mol. The van der Waals surface area contributed by atoms with Crippen LogP contribution in [0.3, 0.4) is 0 Å². The molecule has 2 amide bonds. The SMILES string of the molecule is O=C1CSc2ccc(C(=O)NC3CCCNC3)cc2N1. The van der Waals surface area contributed by atoms with Gasteiger partial charge in [-0.1, -0.05) is 0 Å². The molecule has 2 heterocycles. The molecule has 1 aromatic carbocycles. The fraction of sp³-hybridized carbons (Fsp3) is 0.429. The smallest absolute Gasteiger partial charge is 0.251 e. The van der Waals surface area contributed by atoms with Crippen molar-refractivity contribution < 1.29 is 9.59 Å². The number of fused-ring (bicyclic) bond motifs is 1. The summed E-state index contributed by atoms with van der Waals surface area (Å²) in [5, 5.41) is 9.11. The van der Waals surface area contributed by atoms with Crippen molar-refractivity contribution in [3.05, 3.63) is 23.8 Å². The van der Waals surface area contributed by atoms with E-state index in [9.17, 15) is 9.59 Å². The lowest BCUT2D eigenvalue weighted by molar-refractivity contribution is -0.113. The molecule has 3 rings (SSSR count). The van der Waals surface area contributed by atoms with E-state index < -0.39 is 0 Å². The summed E-state index contributed by atoms with van der Waals surface area (Å²) in [6, 6.07) is 5.66. The Kier molecular flexibility index (Phi) is 3.93. The van der Waals surface area contributed by atoms with Crippen LogP contribution >= 0.6 is 11.8 Å². The number of piperidine rings is 1. The van der Waals surface area contributed by atoms with Gasteiger partial charge in [-0.25, -0.2) is 0 Å². The molecule has 2 aliphatic rings. The van der Waals surface area contributed by atoms with Crippen LogP contribution in [0.1, 0.15) is 23.2 Å². The second-order valence-electron chi connectivity index (χ2n) is 5.06. The highest BCUT2D eigenvalue weighted by molar-refractivity contribution is 8.00. The van der Waals surface area contributed by atoms with Crippen molar-refractivity contribution in [3.8, 4) is 0 Å². The summed E-state index contributed by atoms with van der Waals surface area (Å²) >= 11 is 1.50. The number of amides is 2. The average Bonchev–Trinajstić information content (AvgIpc) is 2.47. The molecule has 1 atom stereocenters. The molecule has 1 unspecified atom stereocenters. The predicted octanol–water partition coefficient (Wildman–Crippen LogP) is 1.21. The molecule has 1 aromatic rings. The van der Waals surface area contributed by atoms with Crippen LogP contribution in [0.5, 0.6) is 0 Å². The van der Waals surface area contributed by atoms with Crippen molar-refractivity contribution >= 4 is 29.3 Å². The molecule has 1 saturated heterocycles. The van der Waals surface area contributed by atoms with Gasteiger partial charge in [0.25, 0.3) is 5.91 Å². The second-order valence-corrected chi connectivity index (χ2v) is 6.08. The van der Waals surface area contributed by atoms with Gasteiger partial charge in [-0.2, -0.15) is 0 Å². The number of carbonyl (C=O) groups is 2. The van der Waals surface area contributed by atoms with Gasteiger partial charge in [-0.05, 0) is 37.6 Å². The molecule has 106 valence electrons. The molecular weight excluding hydrogens is 274 g/mol. The first kappa shape index (κ1) is 13.5. The first-order valence-electron chi connectivity index (χ1n) is 6.80. The number of hydrogen-bond donors (Lipinski definition) is 3. The van der Waals surface area contributed by atoms with Gasteiger partial charge in [-0.15, -0.1) is 11.8 Å². The normalized spacial score (nSPS) is 21.8. The van der Waals surface area contributed by atoms with Crippen LogP contribution in [-0.2, 0) is 4.79 Å². The molecule has 5 nitrogen and oxygen atoms in total. The Morgan fingerprint density at radius 1 is 1.40 bits per heavy atom. The molecule has 0 aliphatic carbocycles. The number of benzene rings is 1. The third-order valence-electron chi connectivity index (χ3n) is 3.51. The molecule has 0 radical (unpaired) electrons. The van der Waals surface area contributed by atoms with Crippen LogP contribution in [-0.4, -0.2) is 36.7 Å². The van der Waals surface area contributed by atoms with E-state index in [4.69, 9.17) is 0 Å². The molecule has 0 bridgehead atoms. The van der Waals surface area contributed by atoms with Crippen molar-refractivity contribution in [2.45, 2.75) is 23.8 Å². The lowest BCUT2D eigenvalue weighted by Gasteiger charge is -2.24. The fourth-order valence-electron chi connectivity index (χ4n) is 2.47. The predicted molar refractivity (Wildman–Crippen MR) is 79.2 cm³/mol. The summed E-state index contributed by atoms with van der Waals surface area (Å²) in [6.07, 6.45) is 2.10. The third-order valence-corrected chi connectivity index (χ3v) is 4.58. The Morgan fingerprint density at radius 3 is 3.10 bits per heavy atom. The number of nitrogens with one attached hydrogen (secondary N) is 3. The van der Waals surface area contributed by atoms with E-state index in [-0.39, 0.29) is 17.9 Å². The summed E-state index contributed by atoms with van der Waals surface area (Å²) in [5.41, 5.74) is 1.33. The summed E-state index contributed by atoms with van der Waals surface area (Å²) in [4.78, 5) is 24.6. The number of rotatable bonds is 2. The molecule has 2 aliphatic heterocycles. The van der Waals surface area contributed by atoms with Crippen molar-refractivity contribution in [1.29, 1.82) is 0 Å². The van der Waals surface area contributed by atoms with E-state index in [1.807, 2.05) is 12.1 Å². The first-order chi connectivity index (χ1) is 9.72. The van der Waals surface area contributed by atoms with Crippen molar-refractivity contribution in [2.75, 3.05) is 24.2 Å². The lowest BCUT2D eigenvalue weighted by atomic mass is 10.1. The minimum atomic E-state index is -0.0775. The van der Waals surface area contributed by atoms with Gasteiger partial charge in [0, 0.05) is 23.0 Å². The Labute approximate surface area is 121 Å². The largest absolute Gasteiger partial charge is 0.348 e. The molecule has 6 heteroatoms. The second kappa shape index (κ2) is 5.85. The molecule has 3 N–H and O–H groups in total. The van der Waals surface area contributed by atoms with Gasteiger partial charge >= 0.3 is 0 Å². The molecule has 0 spiro atoms. The Balaban J connectivity index is 1.71. The third kappa shape index (κ3) is 2.96. The minimum Gasteiger partial charge on any atom is -0.348 e. The summed E-state index contributed by atoms with van der Waals surface area (Å²) in [6.45, 7) is 1.84. The summed E-state index contributed by atoms with van der Waals surface area (Å²) in [7, 11) is 0. The minimum absolute atomic E-state index is 0.0171. The van der Waals surface area contributed by atoms with Gasteiger partial charge in [0.15, 0.2) is 0 Å². The Hall–Kier alpha value is -1.53. The number of anilines is 1. The summed E-state index contributed by atoms with van der Waals surface area (Å²) < 4.78 is 0. The molecule has 0 aromatic heterocycles.